The van der Waals surface area contributed by atoms with Crippen LogP contribution in [0, 0.1) is 6.92 Å². The monoisotopic (exact) mass is 340 g/mol. The van der Waals surface area contributed by atoms with Crippen LogP contribution in [0.3, 0.4) is 0 Å². The van der Waals surface area contributed by atoms with Gasteiger partial charge in [-0.25, -0.2) is 4.98 Å². The van der Waals surface area contributed by atoms with Crippen molar-refractivity contribution in [2.45, 2.75) is 45.4 Å². The number of amides is 1. The third-order valence-electron chi connectivity index (χ3n) is 4.31. The van der Waals surface area contributed by atoms with Crippen molar-refractivity contribution < 1.29 is 4.79 Å². The molecule has 126 valence electrons. The molecule has 1 amide bonds. The summed E-state index contributed by atoms with van der Waals surface area (Å²) in [6.45, 7) is 2.81. The third-order valence-corrected chi connectivity index (χ3v) is 5.25. The predicted octanol–water partition coefficient (Wildman–Crippen LogP) is 4.67. The molecule has 4 heteroatoms. The highest BCUT2D eigenvalue weighted by atomic mass is 32.1. The van der Waals surface area contributed by atoms with Gasteiger partial charge in [-0.05, 0) is 45.1 Å². The highest BCUT2D eigenvalue weighted by molar-refractivity contribution is 7.13. The molecule has 3 rings (SSSR count). The Morgan fingerprint density at radius 2 is 2.25 bits per heavy atom. The second-order valence-corrected chi connectivity index (χ2v) is 7.26. The number of carbonyl (C=O) groups excluding carboxylic acids is 1. The van der Waals surface area contributed by atoms with Gasteiger partial charge in [-0.1, -0.05) is 35.4 Å². The largest absolute Gasteiger partial charge is 0.355 e. The highest BCUT2D eigenvalue weighted by Gasteiger charge is 2.10. The predicted molar refractivity (Wildman–Crippen MR) is 100 cm³/mol. The van der Waals surface area contributed by atoms with Gasteiger partial charge >= 0.3 is 0 Å². The van der Waals surface area contributed by atoms with Gasteiger partial charge in [0.25, 0.3) is 0 Å². The molecule has 0 radical (unpaired) electrons. The Kier molecular flexibility index (Phi) is 5.81. The molecule has 1 aliphatic rings. The number of hydrogen-bond acceptors (Lipinski definition) is 3. The van der Waals surface area contributed by atoms with Crippen LogP contribution in [0.25, 0.3) is 10.6 Å². The molecule has 0 atom stereocenters. The Morgan fingerprint density at radius 3 is 3.04 bits per heavy atom. The van der Waals surface area contributed by atoms with E-state index in [1.807, 2.05) is 11.4 Å². The van der Waals surface area contributed by atoms with E-state index in [1.165, 1.54) is 36.8 Å². The van der Waals surface area contributed by atoms with Crippen LogP contribution in [0.15, 0.2) is 41.3 Å². The van der Waals surface area contributed by atoms with Gasteiger partial charge in [0.2, 0.25) is 5.91 Å². The summed E-state index contributed by atoms with van der Waals surface area (Å²) in [7, 11) is 0. The van der Waals surface area contributed by atoms with Crippen LogP contribution in [0.4, 0.5) is 0 Å². The van der Waals surface area contributed by atoms with Gasteiger partial charge in [0.05, 0.1) is 12.1 Å². The van der Waals surface area contributed by atoms with E-state index in [9.17, 15) is 4.79 Å². The van der Waals surface area contributed by atoms with Gasteiger partial charge in [0.15, 0.2) is 0 Å². The molecule has 0 fully saturated rings. The molecular formula is C20H24N2OS. The molecule has 1 N–H and O–H groups in total. The molecule has 2 aromatic rings. The van der Waals surface area contributed by atoms with Gasteiger partial charge < -0.3 is 5.32 Å². The number of nitrogens with zero attached hydrogens (tertiary/aromatic N) is 1. The second kappa shape index (κ2) is 8.25. The summed E-state index contributed by atoms with van der Waals surface area (Å²) < 4.78 is 0. The highest BCUT2D eigenvalue weighted by Crippen LogP contribution is 2.24. The van der Waals surface area contributed by atoms with Crippen LogP contribution in [-0.4, -0.2) is 17.4 Å². The molecule has 1 heterocycles. The van der Waals surface area contributed by atoms with E-state index < -0.39 is 0 Å². The summed E-state index contributed by atoms with van der Waals surface area (Å²) in [5.74, 6) is 0.0625. The number of hydrogen-bond donors (Lipinski definition) is 1. The Bertz CT molecular complexity index is 733. The zero-order chi connectivity index (χ0) is 16.8. The topological polar surface area (TPSA) is 42.0 Å². The van der Waals surface area contributed by atoms with Gasteiger partial charge in [-0.2, -0.15) is 0 Å². The fourth-order valence-electron chi connectivity index (χ4n) is 3.02. The van der Waals surface area contributed by atoms with Crippen LogP contribution in [0.1, 0.15) is 43.4 Å². The van der Waals surface area contributed by atoms with Crippen molar-refractivity contribution in [3.63, 3.8) is 0 Å². The molecule has 0 saturated heterocycles. The fourth-order valence-corrected chi connectivity index (χ4v) is 3.84. The van der Waals surface area contributed by atoms with Crippen molar-refractivity contribution in [2.75, 3.05) is 6.54 Å². The molecule has 1 aromatic carbocycles. The molecule has 1 aromatic heterocycles. The lowest BCUT2D eigenvalue weighted by molar-refractivity contribution is -0.120. The first-order valence-corrected chi connectivity index (χ1v) is 9.55. The number of aryl methyl sites for hydroxylation is 1. The summed E-state index contributed by atoms with van der Waals surface area (Å²) in [4.78, 5) is 16.7. The minimum atomic E-state index is 0.0625. The van der Waals surface area contributed by atoms with Gasteiger partial charge in [0.1, 0.15) is 5.01 Å². The summed E-state index contributed by atoms with van der Waals surface area (Å²) in [5.41, 5.74) is 4.69. The van der Waals surface area contributed by atoms with E-state index in [-0.39, 0.29) is 5.91 Å². The smallest absolute Gasteiger partial charge is 0.226 e. The molecule has 0 saturated carbocycles. The average Bonchev–Trinajstić information content (AvgIpc) is 3.04. The number of allylic oxidation sites excluding steroid dienone is 1. The maximum absolute atomic E-state index is 12.1. The quantitative estimate of drug-likeness (QED) is 0.777. The zero-order valence-corrected chi connectivity index (χ0v) is 15.0. The second-order valence-electron chi connectivity index (χ2n) is 6.40. The number of benzene rings is 1. The third kappa shape index (κ3) is 4.78. The first kappa shape index (κ1) is 16.9. The normalized spacial score (nSPS) is 14.3. The van der Waals surface area contributed by atoms with Crippen LogP contribution < -0.4 is 5.32 Å². The van der Waals surface area contributed by atoms with Crippen molar-refractivity contribution in [1.82, 2.24) is 10.3 Å². The summed E-state index contributed by atoms with van der Waals surface area (Å²) in [6, 6.07) is 8.31. The van der Waals surface area contributed by atoms with Crippen LogP contribution in [0.2, 0.25) is 0 Å². The van der Waals surface area contributed by atoms with Crippen molar-refractivity contribution in [2.24, 2.45) is 0 Å². The lowest BCUT2D eigenvalue weighted by Gasteiger charge is -2.12. The van der Waals surface area contributed by atoms with E-state index in [2.05, 4.69) is 41.5 Å². The van der Waals surface area contributed by atoms with Gasteiger partial charge in [-0.3, -0.25) is 4.79 Å². The Morgan fingerprint density at radius 1 is 1.33 bits per heavy atom. The first-order chi connectivity index (χ1) is 11.7. The minimum absolute atomic E-state index is 0.0625. The number of nitrogens with one attached hydrogen (secondary N) is 1. The van der Waals surface area contributed by atoms with Crippen molar-refractivity contribution in [3.05, 3.63) is 52.6 Å². The maximum Gasteiger partial charge on any atom is 0.226 e. The summed E-state index contributed by atoms with van der Waals surface area (Å²) in [5, 5.41) is 5.99. The van der Waals surface area contributed by atoms with Crippen molar-refractivity contribution in [1.29, 1.82) is 0 Å². The summed E-state index contributed by atoms with van der Waals surface area (Å²) >= 11 is 1.60. The molecule has 3 nitrogen and oxygen atoms in total. The number of thiazole rings is 1. The number of aromatic nitrogens is 1. The average molecular weight is 340 g/mol. The molecule has 0 bridgehead atoms. The van der Waals surface area contributed by atoms with E-state index in [0.29, 0.717) is 6.42 Å². The molecule has 0 aliphatic heterocycles. The van der Waals surface area contributed by atoms with Gasteiger partial charge in [-0.15, -0.1) is 11.3 Å². The maximum atomic E-state index is 12.1. The standard InChI is InChI=1S/C20H24N2OS/c1-15-6-5-9-17(12-15)20-22-18(14-24-20)13-19(23)21-11-10-16-7-3-2-4-8-16/h5-7,9,12,14H,2-4,8,10-11,13H2,1H3,(H,21,23). The first-order valence-electron chi connectivity index (χ1n) is 8.67. The Hall–Kier alpha value is -1.94. The molecule has 24 heavy (non-hydrogen) atoms. The van der Waals surface area contributed by atoms with Gasteiger partial charge in [0, 0.05) is 17.5 Å². The lowest BCUT2D eigenvalue weighted by Crippen LogP contribution is -2.26. The van der Waals surface area contributed by atoms with Crippen molar-refractivity contribution >= 4 is 17.2 Å². The van der Waals surface area contributed by atoms with E-state index >= 15 is 0 Å². The number of rotatable bonds is 6. The summed E-state index contributed by atoms with van der Waals surface area (Å²) in [6.07, 6.45) is 8.68. The van der Waals surface area contributed by atoms with E-state index in [1.54, 1.807) is 11.3 Å². The van der Waals surface area contributed by atoms with E-state index in [4.69, 9.17) is 0 Å². The Labute approximate surface area is 147 Å². The lowest BCUT2D eigenvalue weighted by atomic mass is 9.97. The van der Waals surface area contributed by atoms with Crippen LogP contribution >= 0.6 is 11.3 Å². The minimum Gasteiger partial charge on any atom is -0.355 e. The van der Waals surface area contributed by atoms with Crippen LogP contribution in [0.5, 0.6) is 0 Å². The molecule has 1 aliphatic carbocycles. The zero-order valence-electron chi connectivity index (χ0n) is 14.2. The Balaban J connectivity index is 1.49. The molecular weight excluding hydrogens is 316 g/mol. The molecule has 0 unspecified atom stereocenters. The van der Waals surface area contributed by atoms with E-state index in [0.717, 1.165) is 29.2 Å². The fraction of sp³-hybridized carbons (Fsp3) is 0.400. The molecule has 0 spiro atoms. The number of carbonyl (C=O) groups is 1. The van der Waals surface area contributed by atoms with Crippen LogP contribution in [-0.2, 0) is 11.2 Å². The SMILES string of the molecule is Cc1cccc(-c2nc(CC(=O)NCCC3=CCCCC3)cs2)c1. The van der Waals surface area contributed by atoms with Crippen molar-refractivity contribution in [3.8, 4) is 10.6 Å².